The predicted molar refractivity (Wildman–Crippen MR) is 256 cm³/mol. The minimum absolute atomic E-state index is 0.107. The number of rotatable bonds is 42. The molecule has 0 aromatic heterocycles. The van der Waals surface area contributed by atoms with E-state index < -0.39 is 6.10 Å². The van der Waals surface area contributed by atoms with Gasteiger partial charge in [-0.2, -0.15) is 0 Å². The molecule has 0 radical (unpaired) electrons. The Balaban J connectivity index is 4.51. The third-order valence-electron chi connectivity index (χ3n) is 9.93. The molecule has 340 valence electrons. The second-order valence-corrected chi connectivity index (χ2v) is 15.7. The average Bonchev–Trinajstić information content (AvgIpc) is 3.24. The highest BCUT2D eigenvalue weighted by Crippen LogP contribution is 2.14. The topological polar surface area (TPSA) is 78.9 Å². The maximum atomic E-state index is 12.8. The Morgan fingerprint density at radius 1 is 0.367 bits per heavy atom. The van der Waals surface area contributed by atoms with Gasteiger partial charge in [0.25, 0.3) is 0 Å². The molecule has 0 rings (SSSR count). The first-order chi connectivity index (χ1) is 29.5. The number of hydrogen-bond acceptors (Lipinski definition) is 6. The number of allylic oxidation sites excluding steroid dienone is 16. The van der Waals surface area contributed by atoms with Gasteiger partial charge in [0.2, 0.25) is 0 Å². The standard InChI is InChI=1S/C54H88O6/c1-4-7-10-13-16-19-22-25-27-30-32-35-38-41-44-47-53(56)59-50-51(49-58-52(55)46-43-40-37-34-31-28-24-21-18-15-12-9-6-3)60-54(57)48-45-42-39-36-33-29-26-23-20-17-14-11-8-5-2/h8-9,11-12,15,17-22,24,28,31,34,37,51H,4-7,10,13-14,16,23,25-27,29-30,32-33,35-36,38-50H2,1-3H3/b11-8-,12-9-,18-15-,20-17-,22-19-,24-21-,31-28-,37-34-. The van der Waals surface area contributed by atoms with Crippen molar-refractivity contribution in [3.63, 3.8) is 0 Å². The van der Waals surface area contributed by atoms with Gasteiger partial charge in [0.1, 0.15) is 13.2 Å². The van der Waals surface area contributed by atoms with Gasteiger partial charge in [-0.25, -0.2) is 0 Å². The van der Waals surface area contributed by atoms with Crippen molar-refractivity contribution in [3.8, 4) is 0 Å². The van der Waals surface area contributed by atoms with Crippen LogP contribution in [0.25, 0.3) is 0 Å². The summed E-state index contributed by atoms with van der Waals surface area (Å²) in [7, 11) is 0. The van der Waals surface area contributed by atoms with E-state index in [1.54, 1.807) is 0 Å². The van der Waals surface area contributed by atoms with Crippen molar-refractivity contribution in [1.82, 2.24) is 0 Å². The van der Waals surface area contributed by atoms with Crippen LogP contribution in [0.15, 0.2) is 97.2 Å². The van der Waals surface area contributed by atoms with Gasteiger partial charge in [-0.3, -0.25) is 14.4 Å². The van der Waals surface area contributed by atoms with Crippen LogP contribution in [0.1, 0.15) is 207 Å². The van der Waals surface area contributed by atoms with Crippen molar-refractivity contribution in [2.75, 3.05) is 13.2 Å². The molecule has 0 heterocycles. The maximum absolute atomic E-state index is 12.8. The lowest BCUT2D eigenvalue weighted by Crippen LogP contribution is -2.30. The van der Waals surface area contributed by atoms with Crippen LogP contribution in [0.2, 0.25) is 0 Å². The second kappa shape index (κ2) is 48.0. The number of carbonyl (C=O) groups is 3. The van der Waals surface area contributed by atoms with Crippen LogP contribution in [-0.4, -0.2) is 37.2 Å². The molecule has 0 aromatic rings. The summed E-state index contributed by atoms with van der Waals surface area (Å²) < 4.78 is 16.7. The highest BCUT2D eigenvalue weighted by molar-refractivity contribution is 5.71. The molecule has 6 heteroatoms. The van der Waals surface area contributed by atoms with Crippen LogP contribution in [0, 0.1) is 0 Å². The van der Waals surface area contributed by atoms with Crippen LogP contribution in [0.4, 0.5) is 0 Å². The summed E-state index contributed by atoms with van der Waals surface area (Å²) in [6.07, 6.45) is 62.5. The van der Waals surface area contributed by atoms with Crippen LogP contribution in [0.3, 0.4) is 0 Å². The van der Waals surface area contributed by atoms with E-state index in [4.69, 9.17) is 14.2 Å². The number of hydrogen-bond donors (Lipinski definition) is 0. The number of esters is 3. The summed E-state index contributed by atoms with van der Waals surface area (Å²) in [4.78, 5) is 37.9. The number of unbranched alkanes of at least 4 members (excludes halogenated alkanes) is 19. The Morgan fingerprint density at radius 2 is 0.750 bits per heavy atom. The molecule has 0 bridgehead atoms. The van der Waals surface area contributed by atoms with Crippen molar-refractivity contribution in [3.05, 3.63) is 97.2 Å². The summed E-state index contributed by atoms with van der Waals surface area (Å²) in [5.41, 5.74) is 0. The minimum Gasteiger partial charge on any atom is -0.462 e. The van der Waals surface area contributed by atoms with Crippen LogP contribution < -0.4 is 0 Å². The summed E-state index contributed by atoms with van der Waals surface area (Å²) >= 11 is 0. The number of ether oxygens (including phenoxy) is 3. The van der Waals surface area contributed by atoms with E-state index in [0.29, 0.717) is 19.3 Å². The zero-order valence-electron chi connectivity index (χ0n) is 38.7. The van der Waals surface area contributed by atoms with E-state index in [2.05, 4.69) is 63.3 Å². The molecule has 0 aliphatic carbocycles. The Kier molecular flexibility index (Phi) is 45.1. The first-order valence-corrected chi connectivity index (χ1v) is 24.3. The largest absolute Gasteiger partial charge is 0.462 e. The normalized spacial score (nSPS) is 12.9. The van der Waals surface area contributed by atoms with Crippen LogP contribution in [-0.2, 0) is 28.6 Å². The monoisotopic (exact) mass is 833 g/mol. The molecule has 60 heavy (non-hydrogen) atoms. The predicted octanol–water partition coefficient (Wildman–Crippen LogP) is 15.8. The lowest BCUT2D eigenvalue weighted by atomic mass is 10.1. The summed E-state index contributed by atoms with van der Waals surface area (Å²) in [6.45, 7) is 6.28. The molecule has 0 saturated heterocycles. The summed E-state index contributed by atoms with van der Waals surface area (Å²) in [5, 5.41) is 0. The molecule has 6 nitrogen and oxygen atoms in total. The van der Waals surface area contributed by atoms with Gasteiger partial charge in [-0.1, -0.05) is 201 Å². The van der Waals surface area contributed by atoms with Gasteiger partial charge in [0.15, 0.2) is 6.10 Å². The Bertz CT molecular complexity index is 1230. The summed E-state index contributed by atoms with van der Waals surface area (Å²) in [6, 6.07) is 0. The first-order valence-electron chi connectivity index (χ1n) is 24.3. The minimum atomic E-state index is -0.811. The highest BCUT2D eigenvalue weighted by atomic mass is 16.6. The van der Waals surface area contributed by atoms with Gasteiger partial charge >= 0.3 is 17.9 Å². The molecule has 1 unspecified atom stereocenters. The first kappa shape index (κ1) is 56.3. The maximum Gasteiger partial charge on any atom is 0.306 e. The molecule has 0 aliphatic heterocycles. The quantitative estimate of drug-likeness (QED) is 0.0200. The third kappa shape index (κ3) is 45.4. The molecular formula is C54H88O6. The Morgan fingerprint density at radius 3 is 1.27 bits per heavy atom. The van der Waals surface area contributed by atoms with Crippen molar-refractivity contribution in [1.29, 1.82) is 0 Å². The molecule has 0 aromatic carbocycles. The molecule has 0 spiro atoms. The van der Waals surface area contributed by atoms with E-state index in [9.17, 15) is 14.4 Å². The lowest BCUT2D eigenvalue weighted by molar-refractivity contribution is -0.167. The van der Waals surface area contributed by atoms with Crippen molar-refractivity contribution in [2.45, 2.75) is 213 Å². The SMILES string of the molecule is CC\C=C/C=C\C=C/C=C\C=C/CCCC(=O)OCC(COC(=O)CCCCCCCCC/C=C\CCCCCC)OC(=O)CCCCCCCCC/C=C\C/C=C\CC. The average molecular weight is 833 g/mol. The molecule has 1 atom stereocenters. The Labute approximate surface area is 368 Å². The van der Waals surface area contributed by atoms with E-state index in [1.165, 1.54) is 89.9 Å². The van der Waals surface area contributed by atoms with Gasteiger partial charge in [0.05, 0.1) is 0 Å². The van der Waals surface area contributed by atoms with Crippen molar-refractivity contribution < 1.29 is 28.6 Å². The molecule has 0 aliphatic rings. The van der Waals surface area contributed by atoms with Gasteiger partial charge < -0.3 is 14.2 Å². The molecule has 0 N–H and O–H groups in total. The van der Waals surface area contributed by atoms with Gasteiger partial charge in [-0.05, 0) is 83.5 Å². The lowest BCUT2D eigenvalue weighted by Gasteiger charge is -2.18. The van der Waals surface area contributed by atoms with Gasteiger partial charge in [0, 0.05) is 19.3 Å². The zero-order valence-corrected chi connectivity index (χ0v) is 38.7. The molecule has 0 amide bonds. The van der Waals surface area contributed by atoms with Gasteiger partial charge in [-0.15, -0.1) is 0 Å². The smallest absolute Gasteiger partial charge is 0.306 e. The molecule has 0 saturated carbocycles. The fraction of sp³-hybridized carbons (Fsp3) is 0.648. The van der Waals surface area contributed by atoms with E-state index in [1.807, 2.05) is 54.7 Å². The van der Waals surface area contributed by atoms with Crippen LogP contribution >= 0.6 is 0 Å². The second-order valence-electron chi connectivity index (χ2n) is 15.7. The zero-order chi connectivity index (χ0) is 43.7. The highest BCUT2D eigenvalue weighted by Gasteiger charge is 2.19. The summed E-state index contributed by atoms with van der Waals surface area (Å²) in [5.74, 6) is -1.00. The van der Waals surface area contributed by atoms with Crippen molar-refractivity contribution >= 4 is 17.9 Å². The Hall–Kier alpha value is -3.67. The number of carbonyl (C=O) groups excluding carboxylic acids is 3. The third-order valence-corrected chi connectivity index (χ3v) is 9.93. The van der Waals surface area contributed by atoms with E-state index in [0.717, 1.165) is 70.6 Å². The molecular weight excluding hydrogens is 745 g/mol. The van der Waals surface area contributed by atoms with E-state index >= 15 is 0 Å². The fourth-order valence-corrected chi connectivity index (χ4v) is 6.33. The van der Waals surface area contributed by atoms with E-state index in [-0.39, 0.29) is 37.5 Å². The fourth-order valence-electron chi connectivity index (χ4n) is 6.33. The van der Waals surface area contributed by atoms with Crippen molar-refractivity contribution in [2.24, 2.45) is 0 Å². The molecule has 0 fully saturated rings. The van der Waals surface area contributed by atoms with Crippen LogP contribution in [0.5, 0.6) is 0 Å².